The van der Waals surface area contributed by atoms with Crippen LogP contribution < -0.4 is 69.5 Å². The molecule has 0 aromatic heterocycles. The van der Waals surface area contributed by atoms with E-state index in [0.29, 0.717) is 0 Å². The molecule has 3 saturated heterocycles. The van der Waals surface area contributed by atoms with E-state index in [4.69, 9.17) is 39.3 Å². The minimum Gasteiger partial charge on any atom is -0.480 e. The highest BCUT2D eigenvalue weighted by molar-refractivity contribution is 5.96. The average molecular weight is 1490 g/mol. The van der Waals surface area contributed by atoms with Crippen molar-refractivity contribution in [3.63, 3.8) is 0 Å². The third-order valence-electron chi connectivity index (χ3n) is 15.6. The lowest BCUT2D eigenvalue weighted by molar-refractivity contribution is -0.300. The molecule has 1 unspecified atom stereocenters. The SMILES string of the molecule is NC(CC(=O)NC(CCC(=O)NCCO[C@H]1O[C@H](CO)[C@@H](O)[C@H](O)[C@@H]1O)(CCC(=O)NCCO[C@H]1O[C@H](CO)[C@@H](O)[C@H](O)[C@@H]1O)CCC(=O)NCCO[C@H]1O[C@H](CO)[C@@H](O)[C@H](O)[C@@H]1O)C(=O)N[C@@H](CO)C(=O)N[C@@H](CO)C(=O)NCC(=O)NCC(=O)NCC(=O)NCC(=O)NCC(=O)NCC(=O)O. The summed E-state index contributed by atoms with van der Waals surface area (Å²) >= 11 is 0. The summed E-state index contributed by atoms with van der Waals surface area (Å²) in [5, 5.41) is 176. The Hall–Kier alpha value is -7.73. The monoisotopic (exact) mass is 1490 g/mol. The average Bonchev–Trinajstić information content (AvgIpc) is 0.842. The smallest absolute Gasteiger partial charge is 0.322 e. The van der Waals surface area contributed by atoms with Gasteiger partial charge in [0.05, 0.1) is 98.0 Å². The summed E-state index contributed by atoms with van der Waals surface area (Å²) in [5.74, 6) is -13.1. The second kappa shape index (κ2) is 46.2. The topological polar surface area (TPSA) is 751 Å². The molecule has 0 bridgehead atoms. The molecule has 0 radical (unpaired) electrons. The van der Waals surface area contributed by atoms with Crippen LogP contribution in [0.4, 0.5) is 0 Å². The number of amides is 12. The van der Waals surface area contributed by atoms with E-state index < -0.39 is 330 Å². The standard InChI is InChI=1S/C56H95N13O34/c57-25(50(95)67-27(21-71)52(97)68-26(20-70)51(96)66-18-39(83)64-16-37(81)62-14-35(79)61-15-36(80)63-17-38(82)65-19-40(84)85)13-34(78)69-56(4-1-31(75)58-7-10-98-53-47(92)44(89)41(86)28(22-72)101-53,5-2-32(76)59-8-11-99-54-48(93)45(90)42(87)29(23-73)102-54)6-3-33(77)60-9-12-100-55-49(94)46(91)43(88)30(24-74)103-55/h25-30,41-49,53-55,70-74,86-94H,1-24,57H2,(H,58,75)(H,59,76)(H,60,77)(H,61,79)(H,62,81)(H,63,80)(H,64,83)(H,65,82)(H,66,96)(H,67,95)(H,68,97)(H,69,78)(H,84,85)/t25?,26-,27-,28+,29+,30+,41+,42+,43+,44-,45-,46-,47-,48-,49-,53-,54-,55-/m0/s1. The fourth-order valence-corrected chi connectivity index (χ4v) is 9.67. The molecule has 29 N–H and O–H groups in total. The van der Waals surface area contributed by atoms with Crippen LogP contribution >= 0.6 is 0 Å². The molecule has 3 fully saturated rings. The van der Waals surface area contributed by atoms with E-state index in [2.05, 4.69) is 53.2 Å². The number of hydrogen-bond donors (Lipinski definition) is 28. The van der Waals surface area contributed by atoms with Crippen molar-refractivity contribution in [2.75, 3.05) is 112 Å². The quantitative estimate of drug-likeness (QED) is 0.0252. The van der Waals surface area contributed by atoms with Gasteiger partial charge < -0.3 is 175 Å². The Balaban J connectivity index is 1.72. The van der Waals surface area contributed by atoms with Gasteiger partial charge in [-0.25, -0.2) is 0 Å². The zero-order valence-corrected chi connectivity index (χ0v) is 55.4. The largest absolute Gasteiger partial charge is 0.480 e. The maximum atomic E-state index is 14.2. The molecular formula is C56H95N13O34. The number of carboxylic acid groups (broad SMARTS) is 1. The summed E-state index contributed by atoms with van der Waals surface area (Å²) in [7, 11) is 0. The molecule has 588 valence electrons. The highest BCUT2D eigenvalue weighted by Crippen LogP contribution is 2.28. The van der Waals surface area contributed by atoms with Crippen molar-refractivity contribution in [2.24, 2.45) is 5.73 Å². The van der Waals surface area contributed by atoms with E-state index in [9.17, 15) is 134 Å². The zero-order valence-electron chi connectivity index (χ0n) is 55.4. The summed E-state index contributed by atoms with van der Waals surface area (Å²) < 4.78 is 32.2. The van der Waals surface area contributed by atoms with Crippen LogP contribution in [-0.2, 0) is 90.8 Å². The number of nitrogens with two attached hydrogens (primary N) is 1. The van der Waals surface area contributed by atoms with E-state index in [-0.39, 0.29) is 19.6 Å². The van der Waals surface area contributed by atoms with Gasteiger partial charge in [0.15, 0.2) is 18.9 Å². The number of aliphatic carboxylic acids is 1. The fraction of sp³-hybridized carbons (Fsp3) is 0.768. The number of aliphatic hydroxyl groups excluding tert-OH is 14. The summed E-state index contributed by atoms with van der Waals surface area (Å²) in [5.41, 5.74) is 4.31. The highest BCUT2D eigenvalue weighted by atomic mass is 16.7. The molecule has 3 aliphatic rings. The molecule has 18 atom stereocenters. The third-order valence-corrected chi connectivity index (χ3v) is 15.6. The van der Waals surface area contributed by atoms with Crippen molar-refractivity contribution in [1.82, 2.24) is 63.8 Å². The minimum atomic E-state index is -1.96. The highest BCUT2D eigenvalue weighted by Gasteiger charge is 2.47. The van der Waals surface area contributed by atoms with Crippen LogP contribution in [0.3, 0.4) is 0 Å². The maximum Gasteiger partial charge on any atom is 0.322 e. The van der Waals surface area contributed by atoms with Crippen LogP contribution in [0, 0.1) is 0 Å². The summed E-state index contributed by atoms with van der Waals surface area (Å²) in [4.78, 5) is 165. The lowest BCUT2D eigenvalue weighted by Crippen LogP contribution is -2.59. The summed E-state index contributed by atoms with van der Waals surface area (Å²) in [6.07, 6.45) is -28.5. The van der Waals surface area contributed by atoms with Crippen LogP contribution in [0.2, 0.25) is 0 Å². The molecule has 3 rings (SSSR count). The van der Waals surface area contributed by atoms with Gasteiger partial charge in [-0.1, -0.05) is 0 Å². The molecule has 3 heterocycles. The second-order valence-electron chi connectivity index (χ2n) is 23.4. The van der Waals surface area contributed by atoms with Gasteiger partial charge in [-0.3, -0.25) is 62.3 Å². The van der Waals surface area contributed by atoms with Gasteiger partial charge in [0.2, 0.25) is 70.9 Å². The Morgan fingerprint density at radius 3 is 0.981 bits per heavy atom. The van der Waals surface area contributed by atoms with E-state index in [1.54, 1.807) is 0 Å². The summed E-state index contributed by atoms with van der Waals surface area (Å²) in [6, 6.07) is -5.75. The van der Waals surface area contributed by atoms with Crippen molar-refractivity contribution >= 4 is 76.9 Å². The van der Waals surface area contributed by atoms with Crippen molar-refractivity contribution in [3.05, 3.63) is 0 Å². The normalized spacial score (nSPS) is 25.5. The van der Waals surface area contributed by atoms with Crippen molar-refractivity contribution in [3.8, 4) is 0 Å². The number of hydrogen-bond acceptors (Lipinski definition) is 34. The predicted molar refractivity (Wildman–Crippen MR) is 333 cm³/mol. The molecule has 0 aliphatic carbocycles. The molecule has 3 aliphatic heterocycles. The predicted octanol–water partition coefficient (Wildman–Crippen LogP) is -18.6. The molecule has 0 aromatic rings. The Labute approximate surface area is 584 Å². The number of nitrogens with one attached hydrogen (secondary N) is 12. The molecular weight excluding hydrogens is 1400 g/mol. The molecule has 103 heavy (non-hydrogen) atoms. The lowest BCUT2D eigenvalue weighted by Gasteiger charge is -2.39. The van der Waals surface area contributed by atoms with Crippen LogP contribution in [-0.4, -0.2) is 381 Å². The molecule has 12 amide bonds. The zero-order chi connectivity index (χ0) is 77.1. The van der Waals surface area contributed by atoms with Gasteiger partial charge in [0, 0.05) is 44.4 Å². The fourth-order valence-electron chi connectivity index (χ4n) is 9.67. The van der Waals surface area contributed by atoms with Crippen LogP contribution in [0.5, 0.6) is 0 Å². The van der Waals surface area contributed by atoms with Gasteiger partial charge in [0.25, 0.3) is 0 Å². The van der Waals surface area contributed by atoms with E-state index >= 15 is 0 Å². The van der Waals surface area contributed by atoms with Crippen LogP contribution in [0.25, 0.3) is 0 Å². The van der Waals surface area contributed by atoms with Gasteiger partial charge in [-0.05, 0) is 19.3 Å². The molecule has 0 aromatic carbocycles. The molecule has 0 spiro atoms. The first-order valence-electron chi connectivity index (χ1n) is 32.0. The Kier molecular flexibility index (Phi) is 40.1. The first-order valence-corrected chi connectivity index (χ1v) is 32.0. The number of carbonyl (C=O) groups excluding carboxylic acids is 12. The lowest BCUT2D eigenvalue weighted by atomic mass is 9.82. The van der Waals surface area contributed by atoms with Crippen molar-refractivity contribution < 1.29 is 167 Å². The number of carboxylic acids is 1. The number of rotatable bonds is 46. The van der Waals surface area contributed by atoms with Gasteiger partial charge in [-0.2, -0.15) is 0 Å². The molecule has 47 heteroatoms. The molecule has 0 saturated carbocycles. The van der Waals surface area contributed by atoms with E-state index in [1.165, 1.54) is 0 Å². The number of carbonyl (C=O) groups is 13. The van der Waals surface area contributed by atoms with E-state index in [0.717, 1.165) is 0 Å². The summed E-state index contributed by atoms with van der Waals surface area (Å²) in [6.45, 7) is -11.1. The number of ether oxygens (including phenoxy) is 6. The molecule has 47 nitrogen and oxygen atoms in total. The Bertz CT molecular complexity index is 2630. The number of aliphatic hydroxyl groups is 14. The van der Waals surface area contributed by atoms with Gasteiger partial charge in [-0.15, -0.1) is 0 Å². The van der Waals surface area contributed by atoms with Crippen LogP contribution in [0.15, 0.2) is 0 Å². The second-order valence-corrected chi connectivity index (χ2v) is 23.4. The Morgan fingerprint density at radius 2 is 0.670 bits per heavy atom. The first-order chi connectivity index (χ1) is 48.7. The van der Waals surface area contributed by atoms with Gasteiger partial charge in [0.1, 0.15) is 91.9 Å². The van der Waals surface area contributed by atoms with E-state index in [1.807, 2.05) is 10.6 Å². The minimum absolute atomic E-state index is 0.322. The van der Waals surface area contributed by atoms with Crippen LogP contribution in [0.1, 0.15) is 44.9 Å². The van der Waals surface area contributed by atoms with Crippen molar-refractivity contribution in [2.45, 2.75) is 161 Å². The van der Waals surface area contributed by atoms with Gasteiger partial charge >= 0.3 is 5.97 Å². The Morgan fingerprint density at radius 1 is 0.369 bits per heavy atom. The third kappa shape index (κ3) is 31.2. The van der Waals surface area contributed by atoms with Crippen molar-refractivity contribution in [1.29, 1.82) is 0 Å². The maximum absolute atomic E-state index is 14.2. The first kappa shape index (κ1) is 89.5.